The van der Waals surface area contributed by atoms with Crippen molar-refractivity contribution in [2.24, 2.45) is 10.8 Å². The van der Waals surface area contributed by atoms with Gasteiger partial charge in [-0.05, 0) is 31.0 Å². The van der Waals surface area contributed by atoms with Gasteiger partial charge in [0.15, 0.2) is 0 Å². The van der Waals surface area contributed by atoms with Gasteiger partial charge in [-0.1, -0.05) is 25.5 Å². The van der Waals surface area contributed by atoms with Gasteiger partial charge in [0.05, 0.1) is 6.04 Å². The lowest BCUT2D eigenvalue weighted by molar-refractivity contribution is 0.623. The standard InChI is InChI=1S/C13H21FN4/c1-3-4-9-16-13(18-15)17-10(2)11-5-7-12(14)8-6-11/h5-8,10H,3-4,9,15H2,1-2H3,(H2,16,17,18). The third-order valence-electron chi connectivity index (χ3n) is 2.64. The molecule has 0 amide bonds. The third kappa shape index (κ3) is 4.71. The van der Waals surface area contributed by atoms with Crippen LogP contribution in [0.25, 0.3) is 0 Å². The fraction of sp³-hybridized carbons (Fsp3) is 0.462. The van der Waals surface area contributed by atoms with Crippen LogP contribution in [0.5, 0.6) is 0 Å². The molecule has 1 aromatic carbocycles. The van der Waals surface area contributed by atoms with Crippen molar-refractivity contribution in [1.82, 2.24) is 10.7 Å². The molecule has 5 heteroatoms. The van der Waals surface area contributed by atoms with Crippen LogP contribution in [0.2, 0.25) is 0 Å². The summed E-state index contributed by atoms with van der Waals surface area (Å²) >= 11 is 0. The summed E-state index contributed by atoms with van der Waals surface area (Å²) in [4.78, 5) is 4.31. The average Bonchev–Trinajstić information content (AvgIpc) is 2.38. The highest BCUT2D eigenvalue weighted by atomic mass is 19.1. The van der Waals surface area contributed by atoms with Crippen molar-refractivity contribution in [3.63, 3.8) is 0 Å². The van der Waals surface area contributed by atoms with Crippen LogP contribution in [0, 0.1) is 5.82 Å². The zero-order valence-electron chi connectivity index (χ0n) is 10.9. The Labute approximate surface area is 107 Å². The summed E-state index contributed by atoms with van der Waals surface area (Å²) in [5, 5.41) is 3.15. The van der Waals surface area contributed by atoms with Crippen molar-refractivity contribution in [2.45, 2.75) is 32.7 Å². The largest absolute Gasteiger partial charge is 0.349 e. The van der Waals surface area contributed by atoms with Crippen LogP contribution in [0.15, 0.2) is 29.3 Å². The second-order valence-corrected chi connectivity index (χ2v) is 4.15. The molecule has 0 radical (unpaired) electrons. The Morgan fingerprint density at radius 2 is 2.06 bits per heavy atom. The Morgan fingerprint density at radius 1 is 1.39 bits per heavy atom. The topological polar surface area (TPSA) is 62.4 Å². The molecular formula is C13H21FN4. The number of hydrogen-bond acceptors (Lipinski definition) is 2. The molecule has 4 nitrogen and oxygen atoms in total. The molecule has 1 atom stereocenters. The van der Waals surface area contributed by atoms with Gasteiger partial charge in [-0.25, -0.2) is 10.2 Å². The SMILES string of the molecule is CCCCN=C(NN)NC(C)c1ccc(F)cc1. The van der Waals surface area contributed by atoms with E-state index in [-0.39, 0.29) is 11.9 Å². The van der Waals surface area contributed by atoms with E-state index in [2.05, 4.69) is 22.7 Å². The fourth-order valence-corrected chi connectivity index (χ4v) is 1.52. The van der Waals surface area contributed by atoms with Gasteiger partial charge in [-0.15, -0.1) is 0 Å². The fourth-order valence-electron chi connectivity index (χ4n) is 1.52. The van der Waals surface area contributed by atoms with E-state index in [0.717, 1.165) is 24.9 Å². The maximum atomic E-state index is 12.8. The molecule has 0 aromatic heterocycles. The minimum absolute atomic E-state index is 0.0158. The van der Waals surface area contributed by atoms with E-state index in [9.17, 15) is 4.39 Å². The number of benzene rings is 1. The molecule has 1 unspecified atom stereocenters. The Bertz CT molecular complexity index is 375. The van der Waals surface area contributed by atoms with Gasteiger partial charge in [-0.3, -0.25) is 10.4 Å². The first-order chi connectivity index (χ1) is 8.67. The van der Waals surface area contributed by atoms with Crippen LogP contribution in [-0.2, 0) is 0 Å². The van der Waals surface area contributed by atoms with Crippen molar-refractivity contribution >= 4 is 5.96 Å². The van der Waals surface area contributed by atoms with Crippen LogP contribution < -0.4 is 16.6 Å². The number of rotatable bonds is 5. The molecule has 18 heavy (non-hydrogen) atoms. The Balaban J connectivity index is 2.58. The summed E-state index contributed by atoms with van der Waals surface area (Å²) in [7, 11) is 0. The van der Waals surface area contributed by atoms with E-state index in [1.807, 2.05) is 6.92 Å². The highest BCUT2D eigenvalue weighted by molar-refractivity contribution is 5.79. The van der Waals surface area contributed by atoms with Crippen molar-refractivity contribution in [3.05, 3.63) is 35.6 Å². The number of nitrogens with two attached hydrogens (primary N) is 1. The van der Waals surface area contributed by atoms with Gasteiger partial charge in [0.25, 0.3) is 0 Å². The molecule has 0 bridgehead atoms. The molecule has 0 aliphatic rings. The number of halogens is 1. The number of nitrogens with zero attached hydrogens (tertiary/aromatic N) is 1. The zero-order valence-corrected chi connectivity index (χ0v) is 10.9. The summed E-state index contributed by atoms with van der Waals surface area (Å²) < 4.78 is 12.8. The molecule has 100 valence electrons. The molecule has 4 N–H and O–H groups in total. The molecular weight excluding hydrogens is 231 g/mol. The quantitative estimate of drug-likeness (QED) is 0.247. The second kappa shape index (κ2) is 7.66. The van der Waals surface area contributed by atoms with Crippen LogP contribution >= 0.6 is 0 Å². The van der Waals surface area contributed by atoms with E-state index in [0.29, 0.717) is 5.96 Å². The third-order valence-corrected chi connectivity index (χ3v) is 2.64. The molecule has 0 aliphatic heterocycles. The molecule has 0 spiro atoms. The average molecular weight is 252 g/mol. The van der Waals surface area contributed by atoms with Crippen molar-refractivity contribution in [1.29, 1.82) is 0 Å². The molecule has 1 rings (SSSR count). The van der Waals surface area contributed by atoms with Gasteiger partial charge in [-0.2, -0.15) is 0 Å². The number of aliphatic imine (C=N–C) groups is 1. The molecule has 0 saturated carbocycles. The molecule has 0 fully saturated rings. The first-order valence-electron chi connectivity index (χ1n) is 6.20. The van der Waals surface area contributed by atoms with Crippen LogP contribution in [0.1, 0.15) is 38.3 Å². The van der Waals surface area contributed by atoms with Crippen molar-refractivity contribution in [2.75, 3.05) is 6.54 Å². The lowest BCUT2D eigenvalue weighted by Gasteiger charge is -2.16. The van der Waals surface area contributed by atoms with Gasteiger partial charge >= 0.3 is 0 Å². The molecule has 0 heterocycles. The predicted octanol–water partition coefficient (Wildman–Crippen LogP) is 2.10. The lowest BCUT2D eigenvalue weighted by atomic mass is 10.1. The second-order valence-electron chi connectivity index (χ2n) is 4.15. The van der Waals surface area contributed by atoms with Crippen LogP contribution in [0.4, 0.5) is 4.39 Å². The van der Waals surface area contributed by atoms with Gasteiger partial charge in [0.1, 0.15) is 5.82 Å². The van der Waals surface area contributed by atoms with Crippen LogP contribution in [0.3, 0.4) is 0 Å². The Hall–Kier alpha value is -1.62. The van der Waals surface area contributed by atoms with E-state index in [1.165, 1.54) is 12.1 Å². The minimum Gasteiger partial charge on any atom is -0.349 e. The minimum atomic E-state index is -0.236. The smallest absolute Gasteiger partial charge is 0.206 e. The van der Waals surface area contributed by atoms with E-state index in [1.54, 1.807) is 12.1 Å². The summed E-state index contributed by atoms with van der Waals surface area (Å²) in [6.07, 6.45) is 2.12. The van der Waals surface area contributed by atoms with E-state index < -0.39 is 0 Å². The van der Waals surface area contributed by atoms with Gasteiger partial charge < -0.3 is 5.32 Å². The number of guanidine groups is 1. The van der Waals surface area contributed by atoms with Gasteiger partial charge in [0.2, 0.25) is 5.96 Å². The predicted molar refractivity (Wildman–Crippen MR) is 72.5 cm³/mol. The number of unbranched alkanes of at least 4 members (excludes halogenated alkanes) is 1. The monoisotopic (exact) mass is 252 g/mol. The molecule has 1 aromatic rings. The van der Waals surface area contributed by atoms with Gasteiger partial charge in [0, 0.05) is 6.54 Å². The van der Waals surface area contributed by atoms with E-state index >= 15 is 0 Å². The highest BCUT2D eigenvalue weighted by Crippen LogP contribution is 2.12. The van der Waals surface area contributed by atoms with Crippen LogP contribution in [-0.4, -0.2) is 12.5 Å². The maximum Gasteiger partial charge on any atom is 0.206 e. The van der Waals surface area contributed by atoms with E-state index in [4.69, 9.17) is 5.84 Å². The first-order valence-corrected chi connectivity index (χ1v) is 6.20. The number of hydrogen-bond donors (Lipinski definition) is 3. The number of nitrogens with one attached hydrogen (secondary N) is 2. The normalized spacial score (nSPS) is 13.2. The Morgan fingerprint density at radius 3 is 2.61 bits per heavy atom. The maximum absolute atomic E-state index is 12.8. The Kier molecular flexibility index (Phi) is 6.14. The molecule has 0 saturated heterocycles. The highest BCUT2D eigenvalue weighted by Gasteiger charge is 2.07. The first kappa shape index (κ1) is 14.4. The molecule has 0 aliphatic carbocycles. The summed E-state index contributed by atoms with van der Waals surface area (Å²) in [6, 6.07) is 6.39. The van der Waals surface area contributed by atoms with Crippen molar-refractivity contribution in [3.8, 4) is 0 Å². The van der Waals surface area contributed by atoms with Crippen molar-refractivity contribution < 1.29 is 4.39 Å². The zero-order chi connectivity index (χ0) is 13.4. The lowest BCUT2D eigenvalue weighted by Crippen LogP contribution is -2.42. The number of hydrazine groups is 1. The summed E-state index contributed by atoms with van der Waals surface area (Å²) in [6.45, 7) is 4.82. The summed E-state index contributed by atoms with van der Waals surface area (Å²) in [5.41, 5.74) is 3.52. The summed E-state index contributed by atoms with van der Waals surface area (Å²) in [5.74, 6) is 5.72.